The Kier molecular flexibility index (Phi) is 8.20. The molecular weight excluding hydrogens is 571 g/mol. The number of carbonyl (C=O) groups excluding carboxylic acids is 1. The summed E-state index contributed by atoms with van der Waals surface area (Å²) < 4.78 is 29.5. The second kappa shape index (κ2) is 11.5. The highest BCUT2D eigenvalue weighted by atomic mass is 127. The maximum Gasteiger partial charge on any atom is 0.264 e. The van der Waals surface area contributed by atoms with Gasteiger partial charge >= 0.3 is 0 Å². The number of sulfonamides is 1. The van der Waals surface area contributed by atoms with Crippen molar-refractivity contribution in [1.29, 1.82) is 0 Å². The number of benzene rings is 4. The molecule has 0 aromatic heterocycles. The fourth-order valence-electron chi connectivity index (χ4n) is 3.70. The highest BCUT2D eigenvalue weighted by Crippen LogP contribution is 2.25. The van der Waals surface area contributed by atoms with Gasteiger partial charge in [0.2, 0.25) is 5.91 Å². The molecule has 5 nitrogen and oxygen atoms in total. The first-order valence-corrected chi connectivity index (χ1v) is 13.6. The zero-order chi connectivity index (χ0) is 24.7. The third-order valence-corrected chi connectivity index (χ3v) is 8.02. The van der Waals surface area contributed by atoms with Crippen molar-refractivity contribution in [2.24, 2.45) is 0 Å². The first-order valence-electron chi connectivity index (χ1n) is 11.1. The third kappa shape index (κ3) is 6.49. The Labute approximate surface area is 220 Å². The van der Waals surface area contributed by atoms with Crippen molar-refractivity contribution in [3.63, 3.8) is 0 Å². The van der Waals surface area contributed by atoms with Gasteiger partial charge in [-0.1, -0.05) is 78.9 Å². The Hall–Kier alpha value is -3.17. The molecule has 4 aromatic rings. The van der Waals surface area contributed by atoms with E-state index < -0.39 is 10.0 Å². The summed E-state index contributed by atoms with van der Waals surface area (Å²) in [6.45, 7) is 0.443. The second-order valence-corrected chi connectivity index (χ2v) is 11.1. The van der Waals surface area contributed by atoms with Crippen molar-refractivity contribution in [1.82, 2.24) is 4.90 Å². The summed E-state index contributed by atoms with van der Waals surface area (Å²) in [6.07, 6.45) is 0. The van der Waals surface area contributed by atoms with Crippen LogP contribution in [0.1, 0.15) is 11.1 Å². The molecule has 0 saturated carbocycles. The van der Waals surface area contributed by atoms with E-state index in [0.717, 1.165) is 14.7 Å². The molecule has 0 heterocycles. The zero-order valence-electron chi connectivity index (χ0n) is 19.0. The molecule has 0 bridgehead atoms. The molecule has 0 unspecified atom stereocenters. The van der Waals surface area contributed by atoms with Gasteiger partial charge in [0.15, 0.2) is 0 Å². The number of rotatable bonds is 9. The number of nitrogens with zero attached hydrogens (tertiary/aromatic N) is 2. The number of halogens is 1. The van der Waals surface area contributed by atoms with Crippen molar-refractivity contribution in [2.45, 2.75) is 18.0 Å². The van der Waals surface area contributed by atoms with E-state index in [1.54, 1.807) is 47.4 Å². The lowest BCUT2D eigenvalue weighted by molar-refractivity contribution is -0.130. The van der Waals surface area contributed by atoms with Gasteiger partial charge in [-0.2, -0.15) is 0 Å². The molecule has 7 heteroatoms. The van der Waals surface area contributed by atoms with E-state index in [1.807, 2.05) is 72.8 Å². The van der Waals surface area contributed by atoms with Crippen LogP contribution in [0, 0.1) is 3.57 Å². The molecular formula is C28H25IN2O3S. The molecule has 35 heavy (non-hydrogen) atoms. The first-order chi connectivity index (χ1) is 16.9. The SMILES string of the molecule is O=C(CN(c1ccc(I)cc1)S(=O)(=O)c1ccccc1)N(Cc1ccccc1)Cc1ccccc1. The largest absolute Gasteiger partial charge is 0.332 e. The van der Waals surface area contributed by atoms with Crippen molar-refractivity contribution in [2.75, 3.05) is 10.8 Å². The van der Waals surface area contributed by atoms with E-state index in [4.69, 9.17) is 0 Å². The summed E-state index contributed by atoms with van der Waals surface area (Å²) in [7, 11) is -3.96. The topological polar surface area (TPSA) is 57.7 Å². The smallest absolute Gasteiger partial charge is 0.264 e. The molecule has 1 amide bonds. The zero-order valence-corrected chi connectivity index (χ0v) is 22.0. The average Bonchev–Trinajstić information content (AvgIpc) is 2.89. The van der Waals surface area contributed by atoms with Crippen LogP contribution < -0.4 is 4.31 Å². The summed E-state index contributed by atoms with van der Waals surface area (Å²) in [4.78, 5) is 15.5. The van der Waals surface area contributed by atoms with E-state index in [9.17, 15) is 13.2 Å². The van der Waals surface area contributed by atoms with Crippen LogP contribution in [0.15, 0.2) is 120 Å². The predicted molar refractivity (Wildman–Crippen MR) is 147 cm³/mol. The molecule has 4 rings (SSSR count). The Morgan fingerprint density at radius 1 is 0.657 bits per heavy atom. The third-order valence-electron chi connectivity index (χ3n) is 5.51. The molecule has 4 aromatic carbocycles. The maximum atomic E-state index is 13.7. The van der Waals surface area contributed by atoms with Crippen LogP contribution in [0.25, 0.3) is 0 Å². The van der Waals surface area contributed by atoms with Gasteiger partial charge in [0.25, 0.3) is 10.0 Å². The molecule has 0 N–H and O–H groups in total. The fraction of sp³-hybridized carbons (Fsp3) is 0.107. The highest BCUT2D eigenvalue weighted by Gasteiger charge is 2.29. The molecule has 0 atom stereocenters. The van der Waals surface area contributed by atoms with Crippen LogP contribution in [0.3, 0.4) is 0 Å². The monoisotopic (exact) mass is 596 g/mol. The first kappa shape index (κ1) is 24.9. The lowest BCUT2D eigenvalue weighted by Crippen LogP contribution is -2.42. The number of carbonyl (C=O) groups is 1. The standard InChI is InChI=1S/C28H25IN2O3S/c29-25-16-18-26(19-17-25)31(35(33,34)27-14-8-3-9-15-27)22-28(32)30(20-23-10-4-1-5-11-23)21-24-12-6-2-7-13-24/h1-19H,20-22H2. The Bertz CT molecular complexity index is 1310. The van der Waals surface area contributed by atoms with Crippen LogP contribution >= 0.6 is 22.6 Å². The number of hydrogen-bond donors (Lipinski definition) is 0. The summed E-state index contributed by atoms with van der Waals surface area (Å²) in [5.74, 6) is -0.282. The molecule has 0 aliphatic heterocycles. The molecule has 0 spiro atoms. The van der Waals surface area contributed by atoms with Crippen molar-refractivity contribution < 1.29 is 13.2 Å². The van der Waals surface area contributed by atoms with Crippen molar-refractivity contribution in [3.05, 3.63) is 130 Å². The number of amides is 1. The van der Waals surface area contributed by atoms with E-state index in [0.29, 0.717) is 18.8 Å². The van der Waals surface area contributed by atoms with Gasteiger partial charge in [0, 0.05) is 16.7 Å². The second-order valence-electron chi connectivity index (χ2n) is 8.02. The fourth-order valence-corrected chi connectivity index (χ4v) is 5.50. The Morgan fingerprint density at radius 3 is 1.60 bits per heavy atom. The highest BCUT2D eigenvalue weighted by molar-refractivity contribution is 14.1. The normalized spacial score (nSPS) is 11.1. The van der Waals surface area contributed by atoms with Crippen LogP contribution in [-0.4, -0.2) is 25.8 Å². The van der Waals surface area contributed by atoms with Crippen molar-refractivity contribution >= 4 is 44.2 Å². The van der Waals surface area contributed by atoms with E-state index in [1.165, 1.54) is 4.31 Å². The molecule has 0 radical (unpaired) electrons. The summed E-state index contributed by atoms with van der Waals surface area (Å²) >= 11 is 2.17. The number of anilines is 1. The molecule has 0 saturated heterocycles. The lowest BCUT2D eigenvalue weighted by atomic mass is 10.1. The van der Waals surface area contributed by atoms with Gasteiger partial charge in [-0.25, -0.2) is 8.42 Å². The number of hydrogen-bond acceptors (Lipinski definition) is 3. The van der Waals surface area contributed by atoms with Crippen molar-refractivity contribution in [3.8, 4) is 0 Å². The van der Waals surface area contributed by atoms with Crippen LogP contribution in [-0.2, 0) is 27.9 Å². The van der Waals surface area contributed by atoms with Gasteiger partial charge in [-0.05, 0) is 70.1 Å². The van der Waals surface area contributed by atoms with Crippen LogP contribution in [0.5, 0.6) is 0 Å². The van der Waals surface area contributed by atoms with Gasteiger partial charge in [-0.3, -0.25) is 9.10 Å². The van der Waals surface area contributed by atoms with Gasteiger partial charge in [0.05, 0.1) is 10.6 Å². The Morgan fingerprint density at radius 2 is 1.11 bits per heavy atom. The summed E-state index contributed by atoms with van der Waals surface area (Å²) in [5.41, 5.74) is 2.40. The quantitative estimate of drug-likeness (QED) is 0.233. The van der Waals surface area contributed by atoms with Gasteiger partial charge < -0.3 is 4.90 Å². The van der Waals surface area contributed by atoms with Gasteiger partial charge in [-0.15, -0.1) is 0 Å². The summed E-state index contributed by atoms with van der Waals surface area (Å²) in [6, 6.07) is 34.8. The van der Waals surface area contributed by atoms with E-state index in [-0.39, 0.29) is 17.3 Å². The minimum absolute atomic E-state index is 0.143. The predicted octanol–water partition coefficient (Wildman–Crippen LogP) is 5.72. The lowest BCUT2D eigenvalue weighted by Gasteiger charge is -2.29. The summed E-state index contributed by atoms with van der Waals surface area (Å²) in [5, 5.41) is 0. The molecule has 0 fully saturated rings. The molecule has 178 valence electrons. The van der Waals surface area contributed by atoms with E-state index >= 15 is 0 Å². The average molecular weight is 596 g/mol. The molecule has 0 aliphatic rings. The minimum atomic E-state index is -3.96. The van der Waals surface area contributed by atoms with E-state index in [2.05, 4.69) is 22.6 Å². The minimum Gasteiger partial charge on any atom is -0.332 e. The Balaban J connectivity index is 1.68. The van der Waals surface area contributed by atoms with Gasteiger partial charge in [0.1, 0.15) is 6.54 Å². The van der Waals surface area contributed by atoms with Crippen LogP contribution in [0.2, 0.25) is 0 Å². The molecule has 0 aliphatic carbocycles. The van der Waals surface area contributed by atoms with Crippen LogP contribution in [0.4, 0.5) is 5.69 Å². The maximum absolute atomic E-state index is 13.7.